The molecule has 1 heterocycles. The van der Waals surface area contributed by atoms with Crippen molar-refractivity contribution in [1.29, 1.82) is 0 Å². The Labute approximate surface area is 156 Å². The van der Waals surface area contributed by atoms with Crippen LogP contribution in [-0.4, -0.2) is 49.4 Å². The lowest BCUT2D eigenvalue weighted by molar-refractivity contribution is -0.142. The molecule has 0 aromatic heterocycles. The first-order valence-corrected chi connectivity index (χ1v) is 8.94. The lowest BCUT2D eigenvalue weighted by atomic mass is 10.2. The smallest absolute Gasteiger partial charge is 0.343 e. The number of hydrogen-bond donors (Lipinski definition) is 0. The summed E-state index contributed by atoms with van der Waals surface area (Å²) >= 11 is 0.927. The summed E-state index contributed by atoms with van der Waals surface area (Å²) in [5, 5.41) is -0.250. The summed E-state index contributed by atoms with van der Waals surface area (Å²) in [4.78, 5) is 37.2. The SMILES string of the molecule is CCCCN1C(=O)S/C(=C\c2ccc(OCC(=O)OC)c(OC)c2)C1=O. The van der Waals surface area contributed by atoms with E-state index in [0.717, 1.165) is 24.6 Å². The molecule has 0 aliphatic carbocycles. The molecule has 1 aromatic carbocycles. The van der Waals surface area contributed by atoms with E-state index in [1.165, 1.54) is 19.1 Å². The summed E-state index contributed by atoms with van der Waals surface area (Å²) in [6, 6.07) is 5.02. The van der Waals surface area contributed by atoms with Crippen LogP contribution < -0.4 is 9.47 Å². The van der Waals surface area contributed by atoms with Crippen molar-refractivity contribution >= 4 is 35.0 Å². The number of carbonyl (C=O) groups excluding carboxylic acids is 3. The summed E-state index contributed by atoms with van der Waals surface area (Å²) in [7, 11) is 2.75. The fourth-order valence-electron chi connectivity index (χ4n) is 2.25. The summed E-state index contributed by atoms with van der Waals surface area (Å²) in [5.74, 6) is 0.00859. The van der Waals surface area contributed by atoms with Crippen molar-refractivity contribution in [2.45, 2.75) is 19.8 Å². The molecule has 1 aliphatic rings. The monoisotopic (exact) mass is 379 g/mol. The van der Waals surface area contributed by atoms with E-state index in [-0.39, 0.29) is 17.8 Å². The van der Waals surface area contributed by atoms with Crippen LogP contribution in [-0.2, 0) is 14.3 Å². The third kappa shape index (κ3) is 4.78. The van der Waals surface area contributed by atoms with Crippen molar-refractivity contribution in [3.63, 3.8) is 0 Å². The zero-order valence-corrected chi connectivity index (χ0v) is 15.8. The molecule has 0 radical (unpaired) electrons. The van der Waals surface area contributed by atoms with E-state index >= 15 is 0 Å². The number of carbonyl (C=O) groups is 3. The van der Waals surface area contributed by atoms with Gasteiger partial charge in [-0.3, -0.25) is 14.5 Å². The topological polar surface area (TPSA) is 82.1 Å². The maximum absolute atomic E-state index is 12.4. The van der Waals surface area contributed by atoms with Gasteiger partial charge in [-0.15, -0.1) is 0 Å². The van der Waals surface area contributed by atoms with Gasteiger partial charge in [-0.25, -0.2) is 4.79 Å². The third-order valence-electron chi connectivity index (χ3n) is 3.67. The summed E-state index contributed by atoms with van der Waals surface area (Å²) in [6.45, 7) is 2.20. The average Bonchev–Trinajstić information content (AvgIpc) is 2.91. The first-order valence-electron chi connectivity index (χ1n) is 8.13. The van der Waals surface area contributed by atoms with Gasteiger partial charge in [-0.05, 0) is 42.0 Å². The molecule has 0 bridgehead atoms. The minimum Gasteiger partial charge on any atom is -0.493 e. The second kappa shape index (κ2) is 9.28. The number of nitrogens with zero attached hydrogens (tertiary/aromatic N) is 1. The quantitative estimate of drug-likeness (QED) is 0.507. The van der Waals surface area contributed by atoms with Gasteiger partial charge in [0.1, 0.15) is 0 Å². The molecule has 2 rings (SSSR count). The predicted octanol–water partition coefficient (Wildman–Crippen LogP) is 3.08. The third-order valence-corrected chi connectivity index (χ3v) is 4.57. The zero-order chi connectivity index (χ0) is 19.1. The molecule has 8 heteroatoms. The van der Waals surface area contributed by atoms with Crippen LogP contribution in [0.1, 0.15) is 25.3 Å². The molecule has 0 atom stereocenters. The number of hydrogen-bond acceptors (Lipinski definition) is 7. The number of methoxy groups -OCH3 is 2. The highest BCUT2D eigenvalue weighted by Gasteiger charge is 2.34. The first-order chi connectivity index (χ1) is 12.5. The average molecular weight is 379 g/mol. The van der Waals surface area contributed by atoms with E-state index in [0.29, 0.717) is 28.5 Å². The first kappa shape index (κ1) is 19.8. The van der Waals surface area contributed by atoms with Crippen molar-refractivity contribution < 1.29 is 28.6 Å². The van der Waals surface area contributed by atoms with Crippen LogP contribution in [0.5, 0.6) is 11.5 Å². The van der Waals surface area contributed by atoms with E-state index < -0.39 is 5.97 Å². The van der Waals surface area contributed by atoms with Crippen LogP contribution >= 0.6 is 11.8 Å². The molecule has 0 spiro atoms. The number of thioether (sulfide) groups is 1. The van der Waals surface area contributed by atoms with E-state index in [1.54, 1.807) is 24.3 Å². The van der Waals surface area contributed by atoms with Gasteiger partial charge in [0.25, 0.3) is 11.1 Å². The number of rotatable bonds is 8. The zero-order valence-electron chi connectivity index (χ0n) is 14.9. The Hall–Kier alpha value is -2.48. The van der Waals surface area contributed by atoms with E-state index in [2.05, 4.69) is 4.74 Å². The molecule has 1 fully saturated rings. The van der Waals surface area contributed by atoms with Gasteiger partial charge in [0.05, 0.1) is 19.1 Å². The van der Waals surface area contributed by atoms with Crippen molar-refractivity contribution in [3.8, 4) is 11.5 Å². The van der Waals surface area contributed by atoms with Crippen LogP contribution in [0.4, 0.5) is 4.79 Å². The summed E-state index contributed by atoms with van der Waals surface area (Å²) < 4.78 is 15.1. The predicted molar refractivity (Wildman–Crippen MR) is 98.1 cm³/mol. The lowest BCUT2D eigenvalue weighted by Gasteiger charge is -2.11. The number of unbranched alkanes of at least 4 members (excludes halogenated alkanes) is 1. The Bertz CT molecular complexity index is 730. The molecule has 1 aliphatic heterocycles. The van der Waals surface area contributed by atoms with Gasteiger partial charge < -0.3 is 14.2 Å². The second-order valence-corrected chi connectivity index (χ2v) is 6.46. The molecule has 0 saturated carbocycles. The van der Waals surface area contributed by atoms with Crippen LogP contribution in [0.3, 0.4) is 0 Å². The highest BCUT2D eigenvalue weighted by atomic mass is 32.2. The van der Waals surface area contributed by atoms with Gasteiger partial charge >= 0.3 is 5.97 Å². The van der Waals surface area contributed by atoms with Gasteiger partial charge in [0.15, 0.2) is 18.1 Å². The standard InChI is InChI=1S/C18H21NO6S/c1-4-5-8-19-17(21)15(26-18(19)22)10-12-6-7-13(14(9-12)23-2)25-11-16(20)24-3/h6-7,9-10H,4-5,8,11H2,1-3H3/b15-10-. The molecule has 0 N–H and O–H groups in total. The molecule has 0 unspecified atom stereocenters. The van der Waals surface area contributed by atoms with Crippen molar-refractivity contribution in [1.82, 2.24) is 4.90 Å². The van der Waals surface area contributed by atoms with Crippen LogP contribution in [0.15, 0.2) is 23.1 Å². The van der Waals surface area contributed by atoms with E-state index in [4.69, 9.17) is 9.47 Å². The Balaban J connectivity index is 2.16. The molecule has 2 amide bonds. The maximum atomic E-state index is 12.4. The fourth-order valence-corrected chi connectivity index (χ4v) is 3.11. The van der Waals surface area contributed by atoms with Crippen molar-refractivity contribution in [2.24, 2.45) is 0 Å². The van der Waals surface area contributed by atoms with Gasteiger partial charge in [0, 0.05) is 6.54 Å². The van der Waals surface area contributed by atoms with Gasteiger partial charge in [-0.2, -0.15) is 0 Å². The number of amides is 2. The largest absolute Gasteiger partial charge is 0.493 e. The normalized spacial score (nSPS) is 15.5. The maximum Gasteiger partial charge on any atom is 0.343 e. The lowest BCUT2D eigenvalue weighted by Crippen LogP contribution is -2.29. The van der Waals surface area contributed by atoms with Crippen LogP contribution in [0.2, 0.25) is 0 Å². The van der Waals surface area contributed by atoms with E-state index in [1.807, 2.05) is 6.92 Å². The Kier molecular flexibility index (Phi) is 7.08. The molecule has 1 saturated heterocycles. The molecular weight excluding hydrogens is 358 g/mol. The molecule has 140 valence electrons. The molecule has 26 heavy (non-hydrogen) atoms. The number of esters is 1. The Morgan fingerprint density at radius 1 is 1.23 bits per heavy atom. The molecular formula is C18H21NO6S. The van der Waals surface area contributed by atoms with Gasteiger partial charge in [0.2, 0.25) is 0 Å². The second-order valence-electron chi connectivity index (χ2n) is 5.46. The van der Waals surface area contributed by atoms with Gasteiger partial charge in [-0.1, -0.05) is 19.4 Å². The minimum atomic E-state index is -0.503. The fraction of sp³-hybridized carbons (Fsp3) is 0.389. The minimum absolute atomic E-state index is 0.234. The number of ether oxygens (including phenoxy) is 3. The van der Waals surface area contributed by atoms with Crippen molar-refractivity contribution in [3.05, 3.63) is 28.7 Å². The van der Waals surface area contributed by atoms with Crippen LogP contribution in [0, 0.1) is 0 Å². The van der Waals surface area contributed by atoms with Crippen LogP contribution in [0.25, 0.3) is 6.08 Å². The number of imide groups is 1. The highest BCUT2D eigenvalue weighted by molar-refractivity contribution is 8.18. The number of benzene rings is 1. The Morgan fingerprint density at radius 3 is 2.65 bits per heavy atom. The van der Waals surface area contributed by atoms with E-state index in [9.17, 15) is 14.4 Å². The molecule has 7 nitrogen and oxygen atoms in total. The highest BCUT2D eigenvalue weighted by Crippen LogP contribution is 2.34. The summed E-state index contributed by atoms with van der Waals surface area (Å²) in [6.07, 6.45) is 3.33. The summed E-state index contributed by atoms with van der Waals surface area (Å²) in [5.41, 5.74) is 0.688. The Morgan fingerprint density at radius 2 is 2.00 bits per heavy atom. The molecule has 1 aromatic rings. The van der Waals surface area contributed by atoms with Crippen molar-refractivity contribution in [2.75, 3.05) is 27.4 Å².